The normalized spacial score (nSPS) is 11.0. The SMILES string of the molecule is CCCNC(=O)Cn1nc(C)c2c(-c3cccc(C)c3)ccnc21. The van der Waals surface area contributed by atoms with Gasteiger partial charge in [0.1, 0.15) is 6.54 Å². The third-order valence-electron chi connectivity index (χ3n) is 4.00. The number of pyridine rings is 1. The van der Waals surface area contributed by atoms with Gasteiger partial charge in [0.05, 0.1) is 5.69 Å². The van der Waals surface area contributed by atoms with Crippen molar-refractivity contribution in [2.24, 2.45) is 0 Å². The molecule has 1 aromatic carbocycles. The number of rotatable bonds is 5. The number of benzene rings is 1. The van der Waals surface area contributed by atoms with Crippen LogP contribution in [0.2, 0.25) is 0 Å². The predicted octanol–water partition coefficient (Wildman–Crippen LogP) is 3.24. The number of nitrogens with one attached hydrogen (secondary N) is 1. The van der Waals surface area contributed by atoms with Gasteiger partial charge in [-0.2, -0.15) is 5.10 Å². The molecule has 3 rings (SSSR count). The second kappa shape index (κ2) is 6.83. The molecule has 0 spiro atoms. The maximum absolute atomic E-state index is 12.0. The summed E-state index contributed by atoms with van der Waals surface area (Å²) in [6.45, 7) is 6.94. The minimum atomic E-state index is -0.0380. The average molecular weight is 322 g/mol. The highest BCUT2D eigenvalue weighted by atomic mass is 16.2. The highest BCUT2D eigenvalue weighted by Gasteiger charge is 2.15. The van der Waals surface area contributed by atoms with Gasteiger partial charge in [0, 0.05) is 18.1 Å². The third-order valence-corrected chi connectivity index (χ3v) is 4.00. The maximum Gasteiger partial charge on any atom is 0.241 e. The summed E-state index contributed by atoms with van der Waals surface area (Å²) in [5, 5.41) is 8.43. The molecule has 1 N–H and O–H groups in total. The first kappa shape index (κ1) is 16.2. The van der Waals surface area contributed by atoms with Gasteiger partial charge < -0.3 is 5.32 Å². The largest absolute Gasteiger partial charge is 0.355 e. The number of hydrogen-bond acceptors (Lipinski definition) is 3. The van der Waals surface area contributed by atoms with Crippen molar-refractivity contribution < 1.29 is 4.79 Å². The third kappa shape index (κ3) is 3.15. The lowest BCUT2D eigenvalue weighted by Crippen LogP contribution is -2.28. The molecule has 5 heteroatoms. The van der Waals surface area contributed by atoms with E-state index in [9.17, 15) is 4.79 Å². The van der Waals surface area contributed by atoms with Gasteiger partial charge in [-0.1, -0.05) is 36.8 Å². The standard InChI is InChI=1S/C19H22N4O/c1-4-9-20-17(24)12-23-19-18(14(3)22-23)16(8-10-21-19)15-7-5-6-13(2)11-15/h5-8,10-11H,4,9,12H2,1-3H3,(H,20,24). The fraction of sp³-hybridized carbons (Fsp3) is 0.316. The van der Waals surface area contributed by atoms with E-state index in [1.54, 1.807) is 10.9 Å². The van der Waals surface area contributed by atoms with E-state index in [2.05, 4.69) is 46.6 Å². The molecule has 0 saturated heterocycles. The van der Waals surface area contributed by atoms with Gasteiger partial charge in [0.25, 0.3) is 0 Å². The Morgan fingerprint density at radius 3 is 2.83 bits per heavy atom. The first-order valence-electron chi connectivity index (χ1n) is 8.26. The minimum Gasteiger partial charge on any atom is -0.355 e. The second-order valence-electron chi connectivity index (χ2n) is 6.02. The van der Waals surface area contributed by atoms with Crippen LogP contribution in [0.4, 0.5) is 0 Å². The van der Waals surface area contributed by atoms with Gasteiger partial charge in [-0.25, -0.2) is 9.67 Å². The van der Waals surface area contributed by atoms with E-state index >= 15 is 0 Å². The molecule has 0 aliphatic rings. The smallest absolute Gasteiger partial charge is 0.241 e. The first-order chi connectivity index (χ1) is 11.6. The average Bonchev–Trinajstić information content (AvgIpc) is 2.89. The molecular formula is C19H22N4O. The predicted molar refractivity (Wildman–Crippen MR) is 95.7 cm³/mol. The molecule has 0 saturated carbocycles. The lowest BCUT2D eigenvalue weighted by molar-refractivity contribution is -0.121. The van der Waals surface area contributed by atoms with E-state index in [0.717, 1.165) is 34.3 Å². The molecule has 5 nitrogen and oxygen atoms in total. The quantitative estimate of drug-likeness (QED) is 0.784. The van der Waals surface area contributed by atoms with E-state index in [0.29, 0.717) is 6.54 Å². The Bertz CT molecular complexity index is 882. The van der Waals surface area contributed by atoms with E-state index < -0.39 is 0 Å². The van der Waals surface area contributed by atoms with Crippen molar-refractivity contribution in [1.82, 2.24) is 20.1 Å². The van der Waals surface area contributed by atoms with Crippen LogP contribution in [0.5, 0.6) is 0 Å². The number of aryl methyl sites for hydroxylation is 2. The van der Waals surface area contributed by atoms with Gasteiger partial charge in [-0.05, 0) is 37.5 Å². The monoisotopic (exact) mass is 322 g/mol. The molecule has 0 radical (unpaired) electrons. The Kier molecular flexibility index (Phi) is 4.60. The summed E-state index contributed by atoms with van der Waals surface area (Å²) < 4.78 is 1.69. The van der Waals surface area contributed by atoms with Crippen molar-refractivity contribution in [3.63, 3.8) is 0 Å². The summed E-state index contributed by atoms with van der Waals surface area (Å²) in [5.41, 5.74) is 5.08. The van der Waals surface area contributed by atoms with Gasteiger partial charge in [-0.15, -0.1) is 0 Å². The molecule has 0 bridgehead atoms. The summed E-state index contributed by atoms with van der Waals surface area (Å²) >= 11 is 0. The second-order valence-corrected chi connectivity index (χ2v) is 6.02. The van der Waals surface area contributed by atoms with Crippen LogP contribution in [0, 0.1) is 13.8 Å². The van der Waals surface area contributed by atoms with Crippen molar-refractivity contribution in [2.45, 2.75) is 33.7 Å². The van der Waals surface area contributed by atoms with E-state index in [1.807, 2.05) is 19.9 Å². The van der Waals surface area contributed by atoms with Crippen molar-refractivity contribution in [3.8, 4) is 11.1 Å². The van der Waals surface area contributed by atoms with Crippen molar-refractivity contribution in [1.29, 1.82) is 0 Å². The topological polar surface area (TPSA) is 59.8 Å². The number of fused-ring (bicyclic) bond motifs is 1. The number of carbonyl (C=O) groups is 1. The van der Waals surface area contributed by atoms with Crippen LogP contribution in [0.25, 0.3) is 22.2 Å². The molecule has 0 unspecified atom stereocenters. The minimum absolute atomic E-state index is 0.0380. The van der Waals surface area contributed by atoms with E-state index in [4.69, 9.17) is 0 Å². The maximum atomic E-state index is 12.0. The van der Waals surface area contributed by atoms with Crippen molar-refractivity contribution >= 4 is 16.9 Å². The van der Waals surface area contributed by atoms with Crippen LogP contribution in [0.1, 0.15) is 24.6 Å². The lowest BCUT2D eigenvalue weighted by Gasteiger charge is -2.06. The molecule has 3 aromatic rings. The highest BCUT2D eigenvalue weighted by molar-refractivity contribution is 5.95. The summed E-state index contributed by atoms with van der Waals surface area (Å²) in [6.07, 6.45) is 2.70. The summed E-state index contributed by atoms with van der Waals surface area (Å²) in [7, 11) is 0. The summed E-state index contributed by atoms with van der Waals surface area (Å²) in [5.74, 6) is -0.0380. The first-order valence-corrected chi connectivity index (χ1v) is 8.26. The van der Waals surface area contributed by atoms with Crippen LogP contribution in [0.3, 0.4) is 0 Å². The molecule has 1 amide bonds. The summed E-state index contributed by atoms with van der Waals surface area (Å²) in [4.78, 5) is 16.5. The molecule has 2 heterocycles. The molecule has 24 heavy (non-hydrogen) atoms. The number of amides is 1. The van der Waals surface area contributed by atoms with Gasteiger partial charge in [0.2, 0.25) is 5.91 Å². The van der Waals surface area contributed by atoms with E-state index in [-0.39, 0.29) is 12.5 Å². The zero-order valence-electron chi connectivity index (χ0n) is 14.3. The van der Waals surface area contributed by atoms with Gasteiger partial charge >= 0.3 is 0 Å². The fourth-order valence-corrected chi connectivity index (χ4v) is 2.90. The van der Waals surface area contributed by atoms with E-state index in [1.165, 1.54) is 5.56 Å². The number of hydrogen-bond donors (Lipinski definition) is 1. The highest BCUT2D eigenvalue weighted by Crippen LogP contribution is 2.30. The molecule has 124 valence electrons. The van der Waals surface area contributed by atoms with Crippen LogP contribution in [-0.2, 0) is 11.3 Å². The Morgan fingerprint density at radius 2 is 2.08 bits per heavy atom. The van der Waals surface area contributed by atoms with Crippen LogP contribution in [0.15, 0.2) is 36.5 Å². The van der Waals surface area contributed by atoms with Gasteiger partial charge in [0.15, 0.2) is 5.65 Å². The lowest BCUT2D eigenvalue weighted by atomic mass is 10.0. The number of nitrogens with zero attached hydrogens (tertiary/aromatic N) is 3. The Labute approximate surface area is 141 Å². The summed E-state index contributed by atoms with van der Waals surface area (Å²) in [6, 6.07) is 10.4. The van der Waals surface area contributed by atoms with Crippen molar-refractivity contribution in [2.75, 3.05) is 6.54 Å². The van der Waals surface area contributed by atoms with Crippen LogP contribution in [-0.4, -0.2) is 27.2 Å². The zero-order chi connectivity index (χ0) is 17.1. The molecule has 0 aliphatic carbocycles. The number of aromatic nitrogens is 3. The molecule has 0 fully saturated rings. The van der Waals surface area contributed by atoms with Crippen LogP contribution < -0.4 is 5.32 Å². The molecule has 0 aliphatic heterocycles. The molecule has 2 aromatic heterocycles. The van der Waals surface area contributed by atoms with Crippen LogP contribution >= 0.6 is 0 Å². The van der Waals surface area contributed by atoms with Crippen molar-refractivity contribution in [3.05, 3.63) is 47.8 Å². The number of carbonyl (C=O) groups excluding carboxylic acids is 1. The Balaban J connectivity index is 2.04. The molecule has 0 atom stereocenters. The Morgan fingerprint density at radius 1 is 1.25 bits per heavy atom. The zero-order valence-corrected chi connectivity index (χ0v) is 14.3. The Hall–Kier alpha value is -2.69. The van der Waals surface area contributed by atoms with Gasteiger partial charge in [-0.3, -0.25) is 4.79 Å². The fourth-order valence-electron chi connectivity index (χ4n) is 2.90. The molecular weight excluding hydrogens is 300 g/mol.